The highest BCUT2D eigenvalue weighted by Gasteiger charge is 2.17. The number of rotatable bonds is 6. The van der Waals surface area contributed by atoms with Crippen LogP contribution in [0.25, 0.3) is 0 Å². The van der Waals surface area contributed by atoms with Gasteiger partial charge in [-0.25, -0.2) is 0 Å². The Balaban J connectivity index is 2.22. The highest BCUT2D eigenvalue weighted by Crippen LogP contribution is 2.29. The summed E-state index contributed by atoms with van der Waals surface area (Å²) in [5.41, 5.74) is 1.38. The molecule has 2 aromatic rings. The van der Waals surface area contributed by atoms with Crippen LogP contribution in [0.15, 0.2) is 48.5 Å². The molecule has 0 saturated heterocycles. The summed E-state index contributed by atoms with van der Waals surface area (Å²) < 4.78 is 5.65. The van der Waals surface area contributed by atoms with E-state index >= 15 is 0 Å². The molecule has 0 saturated carbocycles. The predicted molar refractivity (Wildman–Crippen MR) is 74.7 cm³/mol. The number of nitro groups is 1. The van der Waals surface area contributed by atoms with Gasteiger partial charge in [0.05, 0.1) is 10.5 Å². The predicted octanol–water partition coefficient (Wildman–Crippen LogP) is 2.71. The van der Waals surface area contributed by atoms with E-state index in [-0.39, 0.29) is 18.7 Å². The summed E-state index contributed by atoms with van der Waals surface area (Å²) in [5.74, 6) is 0.442. The fraction of sp³-hybridized carbons (Fsp3) is 0.200. The van der Waals surface area contributed by atoms with Gasteiger partial charge in [-0.05, 0) is 11.6 Å². The second-order valence-corrected chi connectivity index (χ2v) is 4.26. The third kappa shape index (κ3) is 3.33. The molecule has 5 heteroatoms. The number of hydrogen-bond acceptors (Lipinski definition) is 4. The molecule has 0 spiro atoms. The Morgan fingerprint density at radius 2 is 1.85 bits per heavy atom. The van der Waals surface area contributed by atoms with E-state index in [4.69, 9.17) is 9.84 Å². The van der Waals surface area contributed by atoms with Crippen LogP contribution in [0.1, 0.15) is 11.1 Å². The van der Waals surface area contributed by atoms with E-state index in [0.29, 0.717) is 17.9 Å². The number of aliphatic hydroxyl groups excluding tert-OH is 1. The molecule has 5 nitrogen and oxygen atoms in total. The molecule has 20 heavy (non-hydrogen) atoms. The standard InChI is InChI=1S/C15H15NO4/c17-10-9-13-14(16(18)19)7-4-8-15(13)20-11-12-5-2-1-3-6-12/h1-8,17H,9-11H2. The van der Waals surface area contributed by atoms with Gasteiger partial charge in [-0.15, -0.1) is 0 Å². The molecule has 2 rings (SSSR count). The Morgan fingerprint density at radius 3 is 2.50 bits per heavy atom. The summed E-state index contributed by atoms with van der Waals surface area (Å²) in [6.07, 6.45) is 0.196. The van der Waals surface area contributed by atoms with Crippen LogP contribution >= 0.6 is 0 Å². The fourth-order valence-corrected chi connectivity index (χ4v) is 1.96. The van der Waals surface area contributed by atoms with Crippen LogP contribution in [-0.2, 0) is 13.0 Å². The van der Waals surface area contributed by atoms with Crippen LogP contribution < -0.4 is 4.74 Å². The second kappa shape index (κ2) is 6.68. The summed E-state index contributed by atoms with van der Waals surface area (Å²) >= 11 is 0. The molecule has 0 aliphatic rings. The normalized spacial score (nSPS) is 10.2. The van der Waals surface area contributed by atoms with Crippen molar-refractivity contribution < 1.29 is 14.8 Å². The molecular formula is C15H15NO4. The Hall–Kier alpha value is -2.40. The van der Waals surface area contributed by atoms with E-state index in [1.807, 2.05) is 30.3 Å². The summed E-state index contributed by atoms with van der Waals surface area (Å²) in [6, 6.07) is 14.2. The molecule has 0 aliphatic heterocycles. The SMILES string of the molecule is O=[N+]([O-])c1cccc(OCc2ccccc2)c1CCO. The van der Waals surface area contributed by atoms with E-state index in [2.05, 4.69) is 0 Å². The first-order valence-corrected chi connectivity index (χ1v) is 6.26. The summed E-state index contributed by atoms with van der Waals surface area (Å²) in [4.78, 5) is 10.5. The first kappa shape index (κ1) is 14.0. The van der Waals surface area contributed by atoms with Crippen LogP contribution in [0.3, 0.4) is 0 Å². The van der Waals surface area contributed by atoms with Gasteiger partial charge in [-0.3, -0.25) is 10.1 Å². The highest BCUT2D eigenvalue weighted by molar-refractivity contribution is 5.49. The topological polar surface area (TPSA) is 72.6 Å². The lowest BCUT2D eigenvalue weighted by molar-refractivity contribution is -0.385. The smallest absolute Gasteiger partial charge is 0.276 e. The number of ether oxygens (including phenoxy) is 1. The van der Waals surface area contributed by atoms with Gasteiger partial charge in [0.25, 0.3) is 5.69 Å². The summed E-state index contributed by atoms with van der Waals surface area (Å²) in [6.45, 7) is 0.174. The monoisotopic (exact) mass is 273 g/mol. The van der Waals surface area contributed by atoms with Gasteiger partial charge in [0.2, 0.25) is 0 Å². The third-order valence-corrected chi connectivity index (χ3v) is 2.90. The number of aliphatic hydroxyl groups is 1. The van der Waals surface area contributed by atoms with Crippen LogP contribution in [0.2, 0.25) is 0 Å². The van der Waals surface area contributed by atoms with Crippen LogP contribution in [-0.4, -0.2) is 16.6 Å². The number of nitrogens with zero attached hydrogens (tertiary/aromatic N) is 1. The fourth-order valence-electron chi connectivity index (χ4n) is 1.96. The van der Waals surface area contributed by atoms with Gasteiger partial charge in [-0.1, -0.05) is 36.4 Å². The van der Waals surface area contributed by atoms with Crippen molar-refractivity contribution in [2.45, 2.75) is 13.0 Å². The van der Waals surface area contributed by atoms with Gasteiger partial charge < -0.3 is 9.84 Å². The van der Waals surface area contributed by atoms with Crippen molar-refractivity contribution in [3.63, 3.8) is 0 Å². The lowest BCUT2D eigenvalue weighted by Crippen LogP contribution is -2.03. The van der Waals surface area contributed by atoms with Gasteiger partial charge in [0.1, 0.15) is 12.4 Å². The highest BCUT2D eigenvalue weighted by atomic mass is 16.6. The largest absolute Gasteiger partial charge is 0.488 e. The zero-order valence-electron chi connectivity index (χ0n) is 10.9. The average Bonchev–Trinajstić information content (AvgIpc) is 2.47. The van der Waals surface area contributed by atoms with Crippen LogP contribution in [0.4, 0.5) is 5.69 Å². The first-order chi connectivity index (χ1) is 9.72. The van der Waals surface area contributed by atoms with Crippen molar-refractivity contribution in [2.24, 2.45) is 0 Å². The van der Waals surface area contributed by atoms with Crippen molar-refractivity contribution >= 4 is 5.69 Å². The van der Waals surface area contributed by atoms with E-state index in [0.717, 1.165) is 5.56 Å². The summed E-state index contributed by atoms with van der Waals surface area (Å²) in [5, 5.41) is 20.0. The Morgan fingerprint density at radius 1 is 1.10 bits per heavy atom. The van der Waals surface area contributed by atoms with E-state index in [1.54, 1.807) is 12.1 Å². The minimum absolute atomic E-state index is 0.0235. The van der Waals surface area contributed by atoms with Crippen molar-refractivity contribution in [3.8, 4) is 5.75 Å². The van der Waals surface area contributed by atoms with Gasteiger partial charge >= 0.3 is 0 Å². The molecule has 104 valence electrons. The van der Waals surface area contributed by atoms with Gasteiger partial charge in [0.15, 0.2) is 0 Å². The molecule has 0 atom stereocenters. The first-order valence-electron chi connectivity index (χ1n) is 6.26. The molecule has 0 heterocycles. The Labute approximate surface area is 116 Å². The Bertz CT molecular complexity index is 584. The molecule has 0 aromatic heterocycles. The second-order valence-electron chi connectivity index (χ2n) is 4.26. The van der Waals surface area contributed by atoms with Crippen LogP contribution in [0, 0.1) is 10.1 Å². The maximum atomic E-state index is 11.0. The molecule has 0 aliphatic carbocycles. The number of hydrogen-bond donors (Lipinski definition) is 1. The quantitative estimate of drug-likeness (QED) is 0.648. The van der Waals surface area contributed by atoms with Crippen LogP contribution in [0.5, 0.6) is 5.75 Å². The van der Waals surface area contributed by atoms with Crippen molar-refractivity contribution in [3.05, 3.63) is 69.8 Å². The Kier molecular flexibility index (Phi) is 4.68. The molecule has 0 unspecified atom stereocenters. The molecular weight excluding hydrogens is 258 g/mol. The van der Waals surface area contributed by atoms with E-state index < -0.39 is 4.92 Å². The van der Waals surface area contributed by atoms with E-state index in [9.17, 15) is 10.1 Å². The van der Waals surface area contributed by atoms with Gasteiger partial charge in [-0.2, -0.15) is 0 Å². The third-order valence-electron chi connectivity index (χ3n) is 2.90. The molecule has 0 fully saturated rings. The van der Waals surface area contributed by atoms with Crippen molar-refractivity contribution in [1.29, 1.82) is 0 Å². The zero-order chi connectivity index (χ0) is 14.4. The van der Waals surface area contributed by atoms with E-state index in [1.165, 1.54) is 6.07 Å². The maximum Gasteiger partial charge on any atom is 0.276 e. The lowest BCUT2D eigenvalue weighted by Gasteiger charge is -2.11. The summed E-state index contributed by atoms with van der Waals surface area (Å²) in [7, 11) is 0. The molecule has 2 aromatic carbocycles. The molecule has 0 radical (unpaired) electrons. The number of nitro benzene ring substituents is 1. The molecule has 1 N–H and O–H groups in total. The minimum atomic E-state index is -0.458. The maximum absolute atomic E-state index is 11.0. The van der Waals surface area contributed by atoms with Crippen molar-refractivity contribution in [1.82, 2.24) is 0 Å². The van der Waals surface area contributed by atoms with Gasteiger partial charge in [0, 0.05) is 19.1 Å². The van der Waals surface area contributed by atoms with Crippen molar-refractivity contribution in [2.75, 3.05) is 6.61 Å². The molecule has 0 bridgehead atoms. The molecule has 0 amide bonds. The lowest BCUT2D eigenvalue weighted by atomic mass is 10.1. The minimum Gasteiger partial charge on any atom is -0.488 e. The zero-order valence-corrected chi connectivity index (χ0v) is 10.9. The number of benzene rings is 2. The average molecular weight is 273 g/mol.